The number of likely N-dealkylation sites (N-methyl/N-ethyl adjacent to an activating group) is 1. The van der Waals surface area contributed by atoms with Gasteiger partial charge in [-0.2, -0.15) is 4.98 Å². The van der Waals surface area contributed by atoms with Crippen LogP contribution >= 0.6 is 0 Å². The largest absolute Gasteiger partial charge is 0.477 e. The lowest BCUT2D eigenvalue weighted by Crippen LogP contribution is -2.28. The molecule has 1 heterocycles. The highest BCUT2D eigenvalue weighted by Gasteiger charge is 2.09. The standard InChI is InChI=1S/C12H19N3O3/c1-4-15(5-2)6-7-18-12-13-9(3)8-10(14-12)11(16)17/h8H,4-7H2,1-3H3,(H,16,17). The summed E-state index contributed by atoms with van der Waals surface area (Å²) in [5.74, 6) is -1.07. The number of aryl methyl sites for hydroxylation is 1. The van der Waals surface area contributed by atoms with Crippen molar-refractivity contribution in [1.82, 2.24) is 14.9 Å². The first kappa shape index (κ1) is 14.4. The fraction of sp³-hybridized carbons (Fsp3) is 0.583. The van der Waals surface area contributed by atoms with Gasteiger partial charge in [0.25, 0.3) is 0 Å². The van der Waals surface area contributed by atoms with E-state index >= 15 is 0 Å². The minimum atomic E-state index is -1.07. The summed E-state index contributed by atoms with van der Waals surface area (Å²) in [4.78, 5) is 20.9. The first-order valence-corrected chi connectivity index (χ1v) is 6.01. The lowest BCUT2D eigenvalue weighted by Gasteiger charge is -2.17. The van der Waals surface area contributed by atoms with Crippen molar-refractivity contribution >= 4 is 5.97 Å². The molecule has 0 aliphatic carbocycles. The zero-order valence-electron chi connectivity index (χ0n) is 11.0. The van der Waals surface area contributed by atoms with Crippen molar-refractivity contribution in [3.63, 3.8) is 0 Å². The van der Waals surface area contributed by atoms with Gasteiger partial charge in [0.15, 0.2) is 5.69 Å². The number of aromatic carboxylic acids is 1. The molecule has 1 N–H and O–H groups in total. The van der Waals surface area contributed by atoms with Gasteiger partial charge in [-0.25, -0.2) is 9.78 Å². The number of carboxylic acid groups (broad SMARTS) is 1. The van der Waals surface area contributed by atoms with Crippen LogP contribution in [0.1, 0.15) is 30.0 Å². The summed E-state index contributed by atoms with van der Waals surface area (Å²) in [5, 5.41) is 8.87. The van der Waals surface area contributed by atoms with Gasteiger partial charge in [-0.05, 0) is 26.1 Å². The van der Waals surface area contributed by atoms with Gasteiger partial charge < -0.3 is 14.7 Å². The highest BCUT2D eigenvalue weighted by atomic mass is 16.5. The third-order valence-electron chi connectivity index (χ3n) is 2.59. The normalized spacial score (nSPS) is 10.7. The summed E-state index contributed by atoms with van der Waals surface area (Å²) in [6, 6.07) is 1.54. The smallest absolute Gasteiger partial charge is 0.354 e. The number of carbonyl (C=O) groups is 1. The number of nitrogens with zero attached hydrogens (tertiary/aromatic N) is 3. The van der Waals surface area contributed by atoms with Gasteiger partial charge in [-0.1, -0.05) is 13.8 Å². The molecule has 1 aromatic rings. The quantitative estimate of drug-likeness (QED) is 0.787. The Morgan fingerprint density at radius 1 is 1.39 bits per heavy atom. The molecule has 0 atom stereocenters. The molecule has 0 aromatic carbocycles. The molecule has 100 valence electrons. The lowest BCUT2D eigenvalue weighted by molar-refractivity contribution is 0.0688. The molecule has 0 bridgehead atoms. The van der Waals surface area contributed by atoms with Crippen LogP contribution in [-0.2, 0) is 0 Å². The molecule has 18 heavy (non-hydrogen) atoms. The Morgan fingerprint density at radius 3 is 2.61 bits per heavy atom. The lowest BCUT2D eigenvalue weighted by atomic mass is 10.3. The van der Waals surface area contributed by atoms with E-state index in [-0.39, 0.29) is 11.7 Å². The fourth-order valence-corrected chi connectivity index (χ4v) is 1.52. The molecule has 0 aliphatic heterocycles. The average molecular weight is 253 g/mol. The molecule has 1 rings (SSSR count). The van der Waals surface area contributed by atoms with E-state index in [0.717, 1.165) is 19.6 Å². The van der Waals surface area contributed by atoms with Crippen LogP contribution in [0, 0.1) is 6.92 Å². The highest BCUT2D eigenvalue weighted by molar-refractivity contribution is 5.85. The summed E-state index contributed by atoms with van der Waals surface area (Å²) >= 11 is 0. The van der Waals surface area contributed by atoms with E-state index in [0.29, 0.717) is 12.3 Å². The third-order valence-corrected chi connectivity index (χ3v) is 2.59. The Balaban J connectivity index is 2.59. The van der Waals surface area contributed by atoms with Crippen molar-refractivity contribution in [2.45, 2.75) is 20.8 Å². The Morgan fingerprint density at radius 2 is 2.06 bits per heavy atom. The third kappa shape index (κ3) is 4.29. The zero-order chi connectivity index (χ0) is 13.5. The molecule has 0 unspecified atom stereocenters. The Bertz CT molecular complexity index is 406. The van der Waals surface area contributed by atoms with Crippen molar-refractivity contribution in [3.05, 3.63) is 17.5 Å². The predicted octanol–water partition coefficient (Wildman–Crippen LogP) is 1.20. The van der Waals surface area contributed by atoms with Crippen LogP contribution in [0.2, 0.25) is 0 Å². The summed E-state index contributed by atoms with van der Waals surface area (Å²) in [5.41, 5.74) is 0.542. The van der Waals surface area contributed by atoms with E-state index in [1.807, 2.05) is 0 Å². The van der Waals surface area contributed by atoms with Gasteiger partial charge in [0, 0.05) is 12.2 Å². The van der Waals surface area contributed by atoms with Crippen molar-refractivity contribution in [1.29, 1.82) is 0 Å². The van der Waals surface area contributed by atoms with Gasteiger partial charge in [-0.3, -0.25) is 0 Å². The number of carboxylic acids is 1. The second-order valence-corrected chi connectivity index (χ2v) is 3.86. The van der Waals surface area contributed by atoms with E-state index in [1.165, 1.54) is 6.07 Å². The second kappa shape index (κ2) is 6.90. The van der Waals surface area contributed by atoms with Crippen molar-refractivity contribution in [3.8, 4) is 6.01 Å². The predicted molar refractivity (Wildman–Crippen MR) is 67.0 cm³/mol. The Kier molecular flexibility index (Phi) is 5.51. The summed E-state index contributed by atoms with van der Waals surface area (Å²) in [7, 11) is 0. The summed E-state index contributed by atoms with van der Waals surface area (Å²) in [6.07, 6.45) is 0. The Labute approximate surface area is 107 Å². The fourth-order valence-electron chi connectivity index (χ4n) is 1.52. The van der Waals surface area contributed by atoms with Crippen LogP contribution in [-0.4, -0.2) is 52.2 Å². The molecular formula is C12H19N3O3. The molecule has 0 saturated heterocycles. The zero-order valence-corrected chi connectivity index (χ0v) is 11.0. The summed E-state index contributed by atoms with van der Waals surface area (Å²) < 4.78 is 5.38. The molecule has 0 amide bonds. The molecule has 0 saturated carbocycles. The molecule has 0 radical (unpaired) electrons. The van der Waals surface area contributed by atoms with Crippen LogP contribution in [0.5, 0.6) is 6.01 Å². The number of rotatable bonds is 7. The summed E-state index contributed by atoms with van der Waals surface area (Å²) in [6.45, 7) is 9.00. The number of aromatic nitrogens is 2. The van der Waals surface area contributed by atoms with E-state index in [4.69, 9.17) is 9.84 Å². The van der Waals surface area contributed by atoms with Crippen LogP contribution < -0.4 is 4.74 Å². The minimum absolute atomic E-state index is 0.0414. The van der Waals surface area contributed by atoms with E-state index < -0.39 is 5.97 Å². The molecule has 6 nitrogen and oxygen atoms in total. The van der Waals surface area contributed by atoms with Gasteiger partial charge in [0.1, 0.15) is 6.61 Å². The van der Waals surface area contributed by atoms with Gasteiger partial charge in [-0.15, -0.1) is 0 Å². The van der Waals surface area contributed by atoms with Crippen LogP contribution in [0.15, 0.2) is 6.07 Å². The second-order valence-electron chi connectivity index (χ2n) is 3.86. The molecule has 1 aromatic heterocycles. The van der Waals surface area contributed by atoms with Crippen molar-refractivity contribution in [2.75, 3.05) is 26.2 Å². The maximum absolute atomic E-state index is 10.8. The topological polar surface area (TPSA) is 75.5 Å². The van der Waals surface area contributed by atoms with Crippen molar-refractivity contribution < 1.29 is 14.6 Å². The molecule has 0 aliphatic rings. The minimum Gasteiger partial charge on any atom is -0.477 e. The Hall–Kier alpha value is -1.69. The molecule has 6 heteroatoms. The van der Waals surface area contributed by atoms with Crippen LogP contribution in [0.3, 0.4) is 0 Å². The van der Waals surface area contributed by atoms with Crippen molar-refractivity contribution in [2.24, 2.45) is 0 Å². The SMILES string of the molecule is CCN(CC)CCOc1nc(C)cc(C(=O)O)n1. The van der Waals surface area contributed by atoms with Gasteiger partial charge >= 0.3 is 12.0 Å². The van der Waals surface area contributed by atoms with E-state index in [9.17, 15) is 4.79 Å². The monoisotopic (exact) mass is 253 g/mol. The number of hydrogen-bond donors (Lipinski definition) is 1. The number of hydrogen-bond acceptors (Lipinski definition) is 5. The van der Waals surface area contributed by atoms with Crippen LogP contribution in [0.4, 0.5) is 0 Å². The van der Waals surface area contributed by atoms with Gasteiger partial charge in [0.05, 0.1) is 0 Å². The molecule has 0 fully saturated rings. The highest BCUT2D eigenvalue weighted by Crippen LogP contribution is 2.07. The first-order valence-electron chi connectivity index (χ1n) is 6.01. The molecule has 0 spiro atoms. The number of ether oxygens (including phenoxy) is 1. The van der Waals surface area contributed by atoms with Crippen LogP contribution in [0.25, 0.3) is 0 Å². The molecular weight excluding hydrogens is 234 g/mol. The van der Waals surface area contributed by atoms with Gasteiger partial charge in [0.2, 0.25) is 0 Å². The van der Waals surface area contributed by atoms with E-state index in [1.54, 1.807) is 6.92 Å². The maximum Gasteiger partial charge on any atom is 0.354 e. The maximum atomic E-state index is 10.8. The first-order chi connectivity index (χ1) is 8.56. The van der Waals surface area contributed by atoms with E-state index in [2.05, 4.69) is 28.7 Å². The average Bonchev–Trinajstić information content (AvgIpc) is 2.34.